The first-order chi connectivity index (χ1) is 14.5. The number of benzene rings is 2. The molecule has 4 aromatic rings. The molecule has 0 unspecified atom stereocenters. The second kappa shape index (κ2) is 9.61. The van der Waals surface area contributed by atoms with Crippen LogP contribution in [0.2, 0.25) is 0 Å². The minimum absolute atomic E-state index is 0. The Labute approximate surface area is 199 Å². The van der Waals surface area contributed by atoms with E-state index in [4.69, 9.17) is 4.42 Å². The molecular formula is C23H17N2NaO5. The summed E-state index contributed by atoms with van der Waals surface area (Å²) in [5.74, 6) is -1.52. The molecule has 0 spiro atoms. The summed E-state index contributed by atoms with van der Waals surface area (Å²) in [4.78, 5) is 28.6. The van der Waals surface area contributed by atoms with E-state index in [9.17, 15) is 19.8 Å². The van der Waals surface area contributed by atoms with Crippen molar-refractivity contribution in [2.75, 3.05) is 5.32 Å². The molecule has 3 N–H and O–H groups in total. The molecule has 2 aromatic carbocycles. The number of furan rings is 1. The van der Waals surface area contributed by atoms with Crippen LogP contribution >= 0.6 is 0 Å². The molecule has 0 fully saturated rings. The number of rotatable bonds is 5. The van der Waals surface area contributed by atoms with Crippen molar-refractivity contribution >= 4 is 47.1 Å². The number of nitrogens with zero attached hydrogens (tertiary/aromatic N) is 1. The number of carbonyl (C=O) groups is 2. The number of phenolic OH excluding ortho intramolecular Hbond substituents is 1. The van der Waals surface area contributed by atoms with Crippen LogP contribution in [0.1, 0.15) is 20.7 Å². The van der Waals surface area contributed by atoms with Gasteiger partial charge in [-0.05, 0) is 48.0 Å². The van der Waals surface area contributed by atoms with E-state index >= 15 is 0 Å². The Hall–Kier alpha value is -3.39. The van der Waals surface area contributed by atoms with Crippen molar-refractivity contribution in [2.45, 2.75) is 0 Å². The quantitative estimate of drug-likeness (QED) is 0.417. The predicted molar refractivity (Wildman–Crippen MR) is 118 cm³/mol. The van der Waals surface area contributed by atoms with E-state index in [2.05, 4.69) is 10.3 Å². The van der Waals surface area contributed by atoms with Gasteiger partial charge in [0, 0.05) is 23.5 Å². The monoisotopic (exact) mass is 424 g/mol. The van der Waals surface area contributed by atoms with Crippen LogP contribution in [-0.4, -0.2) is 56.6 Å². The molecule has 2 heterocycles. The van der Waals surface area contributed by atoms with Crippen LogP contribution in [0.15, 0.2) is 83.7 Å². The molecule has 150 valence electrons. The molecule has 0 saturated carbocycles. The number of carboxylic acid groups (broad SMARTS) is 1. The molecule has 0 bridgehead atoms. The number of aromatic hydroxyl groups is 1. The summed E-state index contributed by atoms with van der Waals surface area (Å²) in [6.07, 6.45) is 4.78. The molecule has 0 atom stereocenters. The fourth-order valence-corrected chi connectivity index (χ4v) is 3.05. The molecule has 8 heteroatoms. The maximum absolute atomic E-state index is 12.9. The fourth-order valence-electron chi connectivity index (χ4n) is 3.05. The van der Waals surface area contributed by atoms with Crippen LogP contribution in [0.25, 0.3) is 22.5 Å². The third-order valence-electron chi connectivity index (χ3n) is 4.54. The summed E-state index contributed by atoms with van der Waals surface area (Å²) in [5.41, 5.74) is 2.09. The normalized spacial score (nSPS) is 10.2. The average Bonchev–Trinajstić information content (AvgIpc) is 3.29. The van der Waals surface area contributed by atoms with Gasteiger partial charge in [0.2, 0.25) is 0 Å². The van der Waals surface area contributed by atoms with Gasteiger partial charge in [0.1, 0.15) is 11.5 Å². The van der Waals surface area contributed by atoms with E-state index in [1.54, 1.807) is 42.7 Å². The second-order valence-electron chi connectivity index (χ2n) is 6.47. The van der Waals surface area contributed by atoms with Crippen LogP contribution in [0.4, 0.5) is 5.69 Å². The van der Waals surface area contributed by atoms with Crippen LogP contribution in [-0.2, 0) is 0 Å². The summed E-state index contributed by atoms with van der Waals surface area (Å²) in [6, 6.07) is 16.1. The number of carboxylic acids is 1. The zero-order chi connectivity index (χ0) is 21.1. The zero-order valence-corrected chi connectivity index (χ0v) is 15.6. The molecule has 1 amide bonds. The SMILES string of the molecule is O=C(Nc1cc(-c2ccco2)ccc1C(=O)O)c1cc(-c2cccnc2)ccc1O.[NaH]. The molecule has 0 aliphatic rings. The van der Waals surface area contributed by atoms with E-state index < -0.39 is 11.9 Å². The van der Waals surface area contributed by atoms with E-state index in [1.807, 2.05) is 6.07 Å². The second-order valence-corrected chi connectivity index (χ2v) is 6.47. The zero-order valence-electron chi connectivity index (χ0n) is 15.6. The molecule has 0 aliphatic heterocycles. The predicted octanol–water partition coefficient (Wildman–Crippen LogP) is 4.02. The number of amides is 1. The van der Waals surface area contributed by atoms with Gasteiger partial charge in [-0.15, -0.1) is 0 Å². The molecule has 7 nitrogen and oxygen atoms in total. The molecular weight excluding hydrogens is 407 g/mol. The summed E-state index contributed by atoms with van der Waals surface area (Å²) >= 11 is 0. The average molecular weight is 424 g/mol. The molecule has 0 saturated heterocycles. The number of hydrogen-bond donors (Lipinski definition) is 3. The molecule has 4 rings (SSSR count). The Bertz CT molecular complexity index is 1220. The molecule has 2 aromatic heterocycles. The van der Waals surface area contributed by atoms with Crippen molar-refractivity contribution in [2.24, 2.45) is 0 Å². The van der Waals surface area contributed by atoms with Crippen molar-refractivity contribution in [1.29, 1.82) is 0 Å². The standard InChI is InChI=1S/C23H16N2O5.Na.H/c26-20-8-6-14(16-3-1-9-24-13-16)11-18(20)22(27)25-19-12-15(21-4-2-10-30-21)5-7-17(19)23(28)29;;/h1-13,26H,(H,25,27)(H,28,29);;. The first-order valence-corrected chi connectivity index (χ1v) is 8.99. The van der Waals surface area contributed by atoms with Gasteiger partial charge in [0.15, 0.2) is 0 Å². The number of pyridine rings is 1. The van der Waals surface area contributed by atoms with E-state index in [0.29, 0.717) is 16.9 Å². The van der Waals surface area contributed by atoms with Gasteiger partial charge in [-0.3, -0.25) is 9.78 Å². The number of anilines is 1. The molecule has 0 aliphatic carbocycles. The summed E-state index contributed by atoms with van der Waals surface area (Å²) in [7, 11) is 0. The van der Waals surface area contributed by atoms with Crippen molar-refractivity contribution in [1.82, 2.24) is 4.98 Å². The summed E-state index contributed by atoms with van der Waals surface area (Å²) in [6.45, 7) is 0. The number of hydrogen-bond acceptors (Lipinski definition) is 5. The van der Waals surface area contributed by atoms with E-state index in [1.165, 1.54) is 30.5 Å². The van der Waals surface area contributed by atoms with Gasteiger partial charge < -0.3 is 19.9 Å². The third kappa shape index (κ3) is 4.86. The Morgan fingerprint density at radius 3 is 2.39 bits per heavy atom. The number of phenols is 1. The number of carbonyl (C=O) groups excluding carboxylic acids is 1. The van der Waals surface area contributed by atoms with Gasteiger partial charge in [0.25, 0.3) is 5.91 Å². The molecule has 31 heavy (non-hydrogen) atoms. The van der Waals surface area contributed by atoms with E-state index in [-0.39, 0.29) is 52.1 Å². The number of aromatic carboxylic acids is 1. The topological polar surface area (TPSA) is 113 Å². The van der Waals surface area contributed by atoms with Gasteiger partial charge in [-0.1, -0.05) is 18.2 Å². The van der Waals surface area contributed by atoms with Crippen LogP contribution in [0, 0.1) is 0 Å². The van der Waals surface area contributed by atoms with Crippen LogP contribution < -0.4 is 5.32 Å². The maximum atomic E-state index is 12.9. The first kappa shape index (κ1) is 22.3. The fraction of sp³-hybridized carbons (Fsp3) is 0. The van der Waals surface area contributed by atoms with Crippen LogP contribution in [0.3, 0.4) is 0 Å². The summed E-state index contributed by atoms with van der Waals surface area (Å²) < 4.78 is 5.34. The minimum atomic E-state index is -1.19. The van der Waals surface area contributed by atoms with Crippen LogP contribution in [0.5, 0.6) is 5.75 Å². The Kier molecular flexibility index (Phi) is 6.91. The Morgan fingerprint density at radius 2 is 1.71 bits per heavy atom. The van der Waals surface area contributed by atoms with Crippen molar-refractivity contribution in [3.8, 4) is 28.2 Å². The van der Waals surface area contributed by atoms with Crippen molar-refractivity contribution < 1.29 is 24.2 Å². The van der Waals surface area contributed by atoms with Gasteiger partial charge in [-0.2, -0.15) is 0 Å². The van der Waals surface area contributed by atoms with Crippen molar-refractivity contribution in [3.63, 3.8) is 0 Å². The van der Waals surface area contributed by atoms with E-state index in [0.717, 1.165) is 5.56 Å². The summed E-state index contributed by atoms with van der Waals surface area (Å²) in [5, 5.41) is 22.3. The van der Waals surface area contributed by atoms with Gasteiger partial charge >= 0.3 is 35.5 Å². The van der Waals surface area contributed by atoms with Gasteiger partial charge in [-0.25, -0.2) is 4.79 Å². The number of nitrogens with one attached hydrogen (secondary N) is 1. The number of aromatic nitrogens is 1. The third-order valence-corrected chi connectivity index (χ3v) is 4.54. The first-order valence-electron chi connectivity index (χ1n) is 8.99. The Morgan fingerprint density at radius 1 is 0.903 bits per heavy atom. The molecule has 0 radical (unpaired) electrons. The van der Waals surface area contributed by atoms with Gasteiger partial charge in [0.05, 0.1) is 23.1 Å². The van der Waals surface area contributed by atoms with Crippen molar-refractivity contribution in [3.05, 3.63) is 90.4 Å². The Balaban J connectivity index is 0.00000272.